The monoisotopic (exact) mass is 297 g/mol. The van der Waals surface area contributed by atoms with Gasteiger partial charge >= 0.3 is 0 Å². The minimum Gasteiger partial charge on any atom is -0.275 e. The third-order valence-corrected chi connectivity index (χ3v) is 3.43. The molecule has 3 rings (SSSR count). The lowest BCUT2D eigenvalue weighted by Gasteiger charge is -2.06. The molecule has 0 amide bonds. The van der Waals surface area contributed by atoms with Crippen LogP contribution in [-0.4, -0.2) is 15.2 Å². The van der Waals surface area contributed by atoms with Crippen molar-refractivity contribution in [3.05, 3.63) is 59.3 Å². The van der Waals surface area contributed by atoms with Crippen molar-refractivity contribution < 1.29 is 8.78 Å². The molecular weight excluding hydrogens is 284 g/mol. The van der Waals surface area contributed by atoms with Gasteiger partial charge in [0.2, 0.25) is 0 Å². The molecule has 5 heteroatoms. The summed E-state index contributed by atoms with van der Waals surface area (Å²) in [7, 11) is 0. The third kappa shape index (κ3) is 2.68. The number of nitrogens with zero attached hydrogens (tertiary/aromatic N) is 2. The van der Waals surface area contributed by atoms with Gasteiger partial charge in [-0.25, -0.2) is 13.8 Å². The van der Waals surface area contributed by atoms with E-state index in [9.17, 15) is 8.78 Å². The van der Waals surface area contributed by atoms with Gasteiger partial charge in [-0.2, -0.15) is 5.10 Å². The lowest BCUT2D eigenvalue weighted by atomic mass is 9.98. The lowest BCUT2D eigenvalue weighted by molar-refractivity contribution is 0.476. The zero-order valence-electron chi connectivity index (χ0n) is 11.9. The molecule has 22 heavy (non-hydrogen) atoms. The molecule has 1 N–H and O–H groups in total. The number of benzene rings is 1. The van der Waals surface area contributed by atoms with Crippen molar-refractivity contribution in [1.29, 1.82) is 0 Å². The molecule has 0 aliphatic rings. The van der Waals surface area contributed by atoms with Crippen LogP contribution in [-0.2, 0) is 6.67 Å². The van der Waals surface area contributed by atoms with Crippen LogP contribution in [0, 0.1) is 17.7 Å². The molecule has 2 aromatic heterocycles. The molecule has 3 nitrogen and oxygen atoms in total. The van der Waals surface area contributed by atoms with E-state index >= 15 is 0 Å². The second-order valence-electron chi connectivity index (χ2n) is 4.93. The first-order valence-electron chi connectivity index (χ1n) is 6.84. The predicted octanol–water partition coefficient (Wildman–Crippen LogP) is 3.72. The van der Waals surface area contributed by atoms with Gasteiger partial charge in [0.25, 0.3) is 0 Å². The van der Waals surface area contributed by atoms with Gasteiger partial charge in [-0.05, 0) is 36.6 Å². The van der Waals surface area contributed by atoms with Crippen LogP contribution in [0.1, 0.15) is 29.8 Å². The van der Waals surface area contributed by atoms with E-state index in [0.29, 0.717) is 22.3 Å². The Balaban J connectivity index is 1.94. The molecule has 110 valence electrons. The van der Waals surface area contributed by atoms with Crippen molar-refractivity contribution in [1.82, 2.24) is 15.2 Å². The number of pyridine rings is 1. The smallest absolute Gasteiger partial charge is 0.148 e. The summed E-state index contributed by atoms with van der Waals surface area (Å²) < 4.78 is 26.2. The molecule has 0 saturated heterocycles. The first-order chi connectivity index (χ1) is 10.7. The summed E-state index contributed by atoms with van der Waals surface area (Å²) in [5.74, 6) is 5.54. The van der Waals surface area contributed by atoms with Gasteiger partial charge in [-0.3, -0.25) is 5.10 Å². The summed E-state index contributed by atoms with van der Waals surface area (Å²) in [6, 6.07) is 8.18. The van der Waals surface area contributed by atoms with Crippen molar-refractivity contribution in [3.63, 3.8) is 0 Å². The Bertz CT molecular complexity index is 874. The predicted molar refractivity (Wildman–Crippen MR) is 80.4 cm³/mol. The van der Waals surface area contributed by atoms with Gasteiger partial charge in [0.05, 0.1) is 11.9 Å². The molecule has 3 aromatic rings. The van der Waals surface area contributed by atoms with Gasteiger partial charge in [0.15, 0.2) is 0 Å². The first-order valence-corrected chi connectivity index (χ1v) is 6.84. The van der Waals surface area contributed by atoms with E-state index in [1.165, 1.54) is 6.07 Å². The number of aromatic nitrogens is 3. The van der Waals surface area contributed by atoms with E-state index in [4.69, 9.17) is 0 Å². The van der Waals surface area contributed by atoms with Gasteiger partial charge in [-0.15, -0.1) is 0 Å². The van der Waals surface area contributed by atoms with Crippen molar-refractivity contribution in [2.45, 2.75) is 19.5 Å². The number of alkyl halides is 1. The van der Waals surface area contributed by atoms with Gasteiger partial charge in [-0.1, -0.05) is 18.1 Å². The summed E-state index contributed by atoms with van der Waals surface area (Å²) in [6.07, 6.45) is 1.59. The molecule has 0 fully saturated rings. The molecule has 0 aliphatic heterocycles. The molecule has 0 spiro atoms. The summed E-state index contributed by atoms with van der Waals surface area (Å²) >= 11 is 0. The molecule has 2 heterocycles. The topological polar surface area (TPSA) is 41.6 Å². The van der Waals surface area contributed by atoms with Crippen LogP contribution in [0.3, 0.4) is 0 Å². The fraction of sp³-hybridized carbons (Fsp3) is 0.176. The number of aromatic amines is 1. The first kappa shape index (κ1) is 14.2. The average molecular weight is 297 g/mol. The molecule has 1 aromatic carbocycles. The lowest BCUT2D eigenvalue weighted by Crippen LogP contribution is -1.93. The standard InChI is InChI=1S/C17H13F2N3/c1-11(5-6-12-3-2-4-13(9-18)21-12)14-7-8-16(19)17-15(14)10-20-22-17/h2-4,7-8,10-11H,9H2,1H3,(H,20,22). The Hall–Kier alpha value is -2.74. The van der Waals surface area contributed by atoms with Crippen LogP contribution in [0.2, 0.25) is 0 Å². The molecule has 1 atom stereocenters. The zero-order valence-corrected chi connectivity index (χ0v) is 11.9. The van der Waals surface area contributed by atoms with E-state index in [1.807, 2.05) is 6.92 Å². The van der Waals surface area contributed by atoms with Crippen LogP contribution < -0.4 is 0 Å². The van der Waals surface area contributed by atoms with Crippen molar-refractivity contribution in [2.75, 3.05) is 0 Å². The summed E-state index contributed by atoms with van der Waals surface area (Å²) in [5, 5.41) is 7.24. The SMILES string of the molecule is CC(C#Cc1cccc(CF)n1)c1ccc(F)c2[nH]ncc12. The highest BCUT2D eigenvalue weighted by Crippen LogP contribution is 2.25. The second kappa shape index (κ2) is 5.94. The maximum Gasteiger partial charge on any atom is 0.148 e. The fourth-order valence-electron chi connectivity index (χ4n) is 2.28. The van der Waals surface area contributed by atoms with E-state index in [1.54, 1.807) is 30.5 Å². The molecule has 0 bridgehead atoms. The van der Waals surface area contributed by atoms with Gasteiger partial charge in [0.1, 0.15) is 23.7 Å². The summed E-state index contributed by atoms with van der Waals surface area (Å²) in [6.45, 7) is 1.31. The highest BCUT2D eigenvalue weighted by Gasteiger charge is 2.11. The van der Waals surface area contributed by atoms with E-state index in [2.05, 4.69) is 27.0 Å². The number of H-pyrrole nitrogens is 1. The Kier molecular flexibility index (Phi) is 3.84. The largest absolute Gasteiger partial charge is 0.275 e. The Morgan fingerprint density at radius 3 is 2.95 bits per heavy atom. The summed E-state index contributed by atoms with van der Waals surface area (Å²) in [5.41, 5.74) is 2.15. The molecule has 1 unspecified atom stereocenters. The maximum absolute atomic E-state index is 13.6. The number of halogens is 2. The third-order valence-electron chi connectivity index (χ3n) is 3.43. The van der Waals surface area contributed by atoms with Crippen LogP contribution in [0.5, 0.6) is 0 Å². The second-order valence-corrected chi connectivity index (χ2v) is 4.93. The van der Waals surface area contributed by atoms with Crippen molar-refractivity contribution >= 4 is 10.9 Å². The van der Waals surface area contributed by atoms with Crippen LogP contribution in [0.4, 0.5) is 8.78 Å². The highest BCUT2D eigenvalue weighted by atomic mass is 19.1. The normalized spacial score (nSPS) is 12.0. The van der Waals surface area contributed by atoms with Crippen molar-refractivity contribution in [3.8, 4) is 11.8 Å². The van der Waals surface area contributed by atoms with Crippen molar-refractivity contribution in [2.24, 2.45) is 0 Å². The van der Waals surface area contributed by atoms with E-state index in [-0.39, 0.29) is 11.7 Å². The van der Waals surface area contributed by atoms with Gasteiger partial charge < -0.3 is 0 Å². The molecule has 0 saturated carbocycles. The molecule has 0 radical (unpaired) electrons. The Morgan fingerprint density at radius 2 is 2.14 bits per heavy atom. The van der Waals surface area contributed by atoms with Gasteiger partial charge in [0, 0.05) is 11.3 Å². The minimum atomic E-state index is -0.612. The maximum atomic E-state index is 13.6. The molecule has 0 aliphatic carbocycles. The Morgan fingerprint density at radius 1 is 1.27 bits per heavy atom. The zero-order chi connectivity index (χ0) is 15.5. The van der Waals surface area contributed by atoms with E-state index in [0.717, 1.165) is 5.56 Å². The fourth-order valence-corrected chi connectivity index (χ4v) is 2.28. The Labute approximate surface area is 126 Å². The van der Waals surface area contributed by atoms with Crippen LogP contribution in [0.15, 0.2) is 36.5 Å². The molecular formula is C17H13F2N3. The number of nitrogens with one attached hydrogen (secondary N) is 1. The quantitative estimate of drug-likeness (QED) is 0.732. The minimum absolute atomic E-state index is 0.128. The number of hydrogen-bond donors (Lipinski definition) is 1. The highest BCUT2D eigenvalue weighted by molar-refractivity contribution is 5.83. The number of hydrogen-bond acceptors (Lipinski definition) is 2. The number of fused-ring (bicyclic) bond motifs is 1. The van der Waals surface area contributed by atoms with E-state index < -0.39 is 6.67 Å². The number of rotatable bonds is 2. The average Bonchev–Trinajstić information content (AvgIpc) is 3.03. The summed E-state index contributed by atoms with van der Waals surface area (Å²) in [4.78, 5) is 4.10. The van der Waals surface area contributed by atoms with Crippen LogP contribution >= 0.6 is 0 Å². The van der Waals surface area contributed by atoms with Crippen LogP contribution in [0.25, 0.3) is 10.9 Å².